The molecule has 26 heteroatoms. The largest absolute Gasteiger partial charge is 0.458 e. The van der Waals surface area contributed by atoms with Gasteiger partial charge in [0.1, 0.15) is 25.1 Å². The molecular weight excluding hydrogens is 1170 g/mol. The molecule has 1 aliphatic carbocycles. The number of hydrogen-bond acceptors (Lipinski definition) is 16. The molecule has 0 saturated carbocycles. The van der Waals surface area contributed by atoms with Gasteiger partial charge in [0, 0.05) is 91.3 Å². The fourth-order valence-electron chi connectivity index (χ4n) is 11.2. The van der Waals surface area contributed by atoms with E-state index in [4.69, 9.17) is 14.5 Å². The zero-order valence-corrected chi connectivity index (χ0v) is 50.2. The van der Waals surface area contributed by atoms with Crippen LogP contribution in [0.25, 0.3) is 22.3 Å². The number of aryl methyl sites for hydroxylation is 1. The van der Waals surface area contributed by atoms with Crippen LogP contribution in [0.2, 0.25) is 0 Å². The number of pyridine rings is 2. The van der Waals surface area contributed by atoms with E-state index in [0.29, 0.717) is 95.0 Å². The normalized spacial score (nSPS) is 16.3. The second-order valence-electron chi connectivity index (χ2n) is 22.1. The predicted octanol–water partition coefficient (Wildman–Crippen LogP) is 3.52. The highest BCUT2D eigenvalue weighted by atomic mass is 32.2. The lowest BCUT2D eigenvalue weighted by atomic mass is 9.81. The molecule has 3 atom stereocenters. The van der Waals surface area contributed by atoms with Crippen LogP contribution in [-0.2, 0) is 90.8 Å². The molecule has 24 nitrogen and oxygen atoms in total. The smallest absolute Gasteiger partial charge is 0.409 e. The quantitative estimate of drug-likeness (QED) is 0.0220. The number of halogens is 1. The number of benzene rings is 3. The summed E-state index contributed by atoms with van der Waals surface area (Å²) in [6, 6.07) is 16.7. The van der Waals surface area contributed by atoms with Gasteiger partial charge in [-0.1, -0.05) is 55.8 Å². The average molecular weight is 1240 g/mol. The van der Waals surface area contributed by atoms with Crippen molar-refractivity contribution < 1.29 is 66.9 Å². The number of anilines is 1. The molecule has 2 aromatic heterocycles. The maximum absolute atomic E-state index is 15.4. The van der Waals surface area contributed by atoms with Crippen molar-refractivity contribution in [1.29, 1.82) is 0 Å². The first kappa shape index (κ1) is 64.2. The molecule has 0 unspecified atom stereocenters. The summed E-state index contributed by atoms with van der Waals surface area (Å²) in [6.07, 6.45) is 4.69. The second kappa shape index (κ2) is 28.7. The van der Waals surface area contributed by atoms with Crippen LogP contribution in [0.1, 0.15) is 102 Å². The van der Waals surface area contributed by atoms with Crippen LogP contribution in [-0.4, -0.2) is 141 Å². The van der Waals surface area contributed by atoms with E-state index in [1.807, 2.05) is 0 Å². The predicted molar refractivity (Wildman–Crippen MR) is 324 cm³/mol. The number of nitrogens with one attached hydrogen (secondary N) is 6. The highest BCUT2D eigenvalue weighted by Gasteiger charge is 2.46. The minimum absolute atomic E-state index is 0.0235. The minimum Gasteiger partial charge on any atom is -0.458 e. The molecular formula is C63H69FN10O14S. The third-order valence-corrected chi connectivity index (χ3v) is 17.1. The van der Waals surface area contributed by atoms with E-state index in [-0.39, 0.29) is 80.8 Å². The van der Waals surface area contributed by atoms with Crippen LogP contribution < -0.4 is 37.5 Å². The van der Waals surface area contributed by atoms with Crippen LogP contribution >= 0.6 is 11.8 Å². The van der Waals surface area contributed by atoms with Gasteiger partial charge in [0.15, 0.2) is 5.60 Å². The Hall–Kier alpha value is -9.30. The number of rotatable bonds is 27. The number of aromatic nitrogens is 2. The molecule has 9 amide bonds. The van der Waals surface area contributed by atoms with Crippen LogP contribution in [0, 0.1) is 12.7 Å². The Kier molecular flexibility index (Phi) is 20.7. The van der Waals surface area contributed by atoms with Crippen LogP contribution in [0.15, 0.2) is 83.7 Å². The number of ether oxygens (including phenoxy) is 2. The topological polar surface area (TPSA) is 323 Å². The fourth-order valence-corrected chi connectivity index (χ4v) is 12.1. The van der Waals surface area contributed by atoms with E-state index < -0.39 is 90.3 Å². The van der Waals surface area contributed by atoms with Crippen LogP contribution in [0.5, 0.6) is 0 Å². The monoisotopic (exact) mass is 1240 g/mol. The molecule has 3 aromatic carbocycles. The summed E-state index contributed by atoms with van der Waals surface area (Å²) in [5.74, 6) is -4.22. The summed E-state index contributed by atoms with van der Waals surface area (Å²) >= 11 is 1.48. The van der Waals surface area contributed by atoms with Gasteiger partial charge in [-0.15, -0.1) is 0 Å². The van der Waals surface area contributed by atoms with Gasteiger partial charge in [-0.2, -0.15) is 11.8 Å². The number of esters is 1. The number of fused-ring (bicyclic) bond motifs is 5. The Bertz CT molecular complexity index is 3710. The van der Waals surface area contributed by atoms with Gasteiger partial charge in [0.25, 0.3) is 17.4 Å². The lowest BCUT2D eigenvalue weighted by Crippen LogP contribution is -2.52. The number of imide groups is 1. The molecule has 468 valence electrons. The van der Waals surface area contributed by atoms with Crippen molar-refractivity contribution in [2.75, 3.05) is 56.6 Å². The van der Waals surface area contributed by atoms with E-state index in [0.717, 1.165) is 21.4 Å². The Balaban J connectivity index is 0.676. The molecule has 0 bridgehead atoms. The number of carbonyl (C=O) groups is 10. The molecule has 0 saturated heterocycles. The summed E-state index contributed by atoms with van der Waals surface area (Å²) in [7, 11) is 1.60. The van der Waals surface area contributed by atoms with Crippen molar-refractivity contribution in [3.63, 3.8) is 0 Å². The summed E-state index contributed by atoms with van der Waals surface area (Å²) in [5.41, 5.74) is 3.53. The van der Waals surface area contributed by atoms with Crippen LogP contribution in [0.4, 0.5) is 14.9 Å². The Morgan fingerprint density at radius 1 is 0.831 bits per heavy atom. The van der Waals surface area contributed by atoms with E-state index >= 15 is 4.39 Å². The van der Waals surface area contributed by atoms with E-state index in [2.05, 4.69) is 31.9 Å². The summed E-state index contributed by atoms with van der Waals surface area (Å²) in [6.45, 7) is 2.34. The van der Waals surface area contributed by atoms with Gasteiger partial charge >= 0.3 is 12.1 Å². The van der Waals surface area contributed by atoms with E-state index in [1.165, 1.54) is 39.4 Å². The van der Waals surface area contributed by atoms with E-state index in [9.17, 15) is 57.8 Å². The Morgan fingerprint density at radius 3 is 2.29 bits per heavy atom. The molecule has 3 aliphatic heterocycles. The first-order valence-corrected chi connectivity index (χ1v) is 30.5. The number of aliphatic hydroxyl groups is 1. The second-order valence-corrected chi connectivity index (χ2v) is 23.3. The molecule has 7 N–H and O–H groups in total. The summed E-state index contributed by atoms with van der Waals surface area (Å²) in [4.78, 5) is 148. The van der Waals surface area contributed by atoms with Crippen molar-refractivity contribution in [3.8, 4) is 11.4 Å². The zero-order valence-electron chi connectivity index (χ0n) is 49.4. The molecule has 4 aliphatic rings. The number of unbranched alkanes of at least 4 members (excludes halogenated alkanes) is 2. The highest BCUT2D eigenvalue weighted by Crippen LogP contribution is 2.46. The molecule has 5 aromatic rings. The van der Waals surface area contributed by atoms with Gasteiger partial charge in [-0.25, -0.2) is 19.0 Å². The average Bonchev–Trinajstić information content (AvgIpc) is 1.65. The first-order valence-electron chi connectivity index (χ1n) is 29.4. The molecule has 0 radical (unpaired) electrons. The minimum atomic E-state index is -2.02. The third-order valence-electron chi connectivity index (χ3n) is 16.1. The number of nitrogens with zero attached hydrogens (tertiary/aromatic N) is 4. The lowest BCUT2D eigenvalue weighted by molar-refractivity contribution is -0.172. The number of thioether (sulfide) groups is 1. The van der Waals surface area contributed by atoms with Gasteiger partial charge in [0.2, 0.25) is 35.4 Å². The number of cyclic esters (lactones) is 1. The van der Waals surface area contributed by atoms with Crippen molar-refractivity contribution >= 4 is 87.7 Å². The van der Waals surface area contributed by atoms with Gasteiger partial charge < -0.3 is 55.9 Å². The van der Waals surface area contributed by atoms with Crippen molar-refractivity contribution in [3.05, 3.63) is 140 Å². The van der Waals surface area contributed by atoms with Crippen LogP contribution in [0.3, 0.4) is 0 Å². The SMILES string of the molecule is CC[C@@]1(O)C(=O)OCc2c1cc1n(c2=O)Cc2c-1nc1cc(F)c(C)c3c1c2[C@@H](NC(=O)CCSCCN(C)C(=O)OCc1ccc(NC(=O)CNC(=O)[C@H](Cc2ccccc2)NC(=O)CNC(=O)CNC(=O)CCCCCN2C(=O)C=CC2=O)cc1)CC3. The lowest BCUT2D eigenvalue weighted by Gasteiger charge is -2.31. The number of amides is 9. The maximum atomic E-state index is 15.4. The number of hydrogen-bond donors (Lipinski definition) is 7. The molecule has 5 heterocycles. The zero-order chi connectivity index (χ0) is 63.5. The Morgan fingerprint density at radius 2 is 1.55 bits per heavy atom. The van der Waals surface area contributed by atoms with Crippen molar-refractivity contribution in [1.82, 2.24) is 45.9 Å². The maximum Gasteiger partial charge on any atom is 0.409 e. The van der Waals surface area contributed by atoms with Gasteiger partial charge in [0.05, 0.1) is 54.7 Å². The van der Waals surface area contributed by atoms with Crippen molar-refractivity contribution in [2.45, 2.75) is 109 Å². The van der Waals surface area contributed by atoms with Gasteiger partial charge in [-0.3, -0.25) is 48.1 Å². The molecule has 0 fully saturated rings. The van der Waals surface area contributed by atoms with Crippen molar-refractivity contribution in [2.24, 2.45) is 0 Å². The Labute approximate surface area is 515 Å². The molecule has 9 rings (SSSR count). The third kappa shape index (κ3) is 15.2. The van der Waals surface area contributed by atoms with Gasteiger partial charge in [-0.05, 0) is 85.0 Å². The number of carbonyl (C=O) groups excluding carboxylic acids is 10. The summed E-state index contributed by atoms with van der Waals surface area (Å²) < 4.78 is 27.7. The molecule has 0 spiro atoms. The highest BCUT2D eigenvalue weighted by molar-refractivity contribution is 7.99. The van der Waals surface area contributed by atoms with E-state index in [1.54, 1.807) is 81.6 Å². The standard InChI is InChI=1S/C63H69FN10O14S/c1-4-63(86)43-28-48-58-41(33-74(48)60(83)42(43)35-87-61(63)84)57-45(19-18-40-36(2)44(64)29-46(71-58)56(40)57)69-50(76)22-25-89-26-24-72(3)62(85)88-34-38-14-16-39(17-15-38)68-52(78)32-67-59(82)47(27-37-11-7-5-8-12-37)70-53(79)31-66-51(77)30-65-49(75)13-9-6-10-23-73-54(80)20-21-55(73)81/h5,7-8,11-12,14-17,20-21,28-29,45,47,86H,4,6,9-10,13,18-19,22-27,30-35H2,1-3H3,(H,65,75)(H,66,77)(H,67,82)(H,68,78)(H,69,76)(H,70,79)/t45-,47-,63-/m0/s1. The molecule has 89 heavy (non-hydrogen) atoms. The first-order chi connectivity index (χ1) is 42.7. The summed E-state index contributed by atoms with van der Waals surface area (Å²) in [5, 5.41) is 28.0. The fraction of sp³-hybridized carbons (Fsp3) is 0.397.